The molecule has 2 rings (SSSR count). The Kier molecular flexibility index (Phi) is 4.48. The average Bonchev–Trinajstić information content (AvgIpc) is 2.39. The highest BCUT2D eigenvalue weighted by Gasteiger charge is 2.06. The number of pyridine rings is 1. The van der Waals surface area contributed by atoms with Crippen molar-refractivity contribution in [3.63, 3.8) is 0 Å². The van der Waals surface area contributed by atoms with Crippen molar-refractivity contribution < 1.29 is 0 Å². The third-order valence-electron chi connectivity index (χ3n) is 3.24. The smallest absolute Gasteiger partial charge is 0.0419 e. The van der Waals surface area contributed by atoms with Gasteiger partial charge in [0.05, 0.1) is 0 Å². The van der Waals surface area contributed by atoms with Crippen molar-refractivity contribution in [2.45, 2.75) is 32.2 Å². The molecule has 0 saturated heterocycles. The Labute approximate surface area is 109 Å². The first-order valence-corrected chi connectivity index (χ1v) is 6.45. The summed E-state index contributed by atoms with van der Waals surface area (Å²) < 4.78 is 0. The predicted molar refractivity (Wildman–Crippen MR) is 75.4 cm³/mol. The molecule has 0 saturated carbocycles. The molecule has 94 valence electrons. The Morgan fingerprint density at radius 3 is 2.61 bits per heavy atom. The lowest BCUT2D eigenvalue weighted by Crippen LogP contribution is -2.24. The fourth-order valence-electron chi connectivity index (χ4n) is 2.12. The molecule has 1 aromatic carbocycles. The van der Waals surface area contributed by atoms with Crippen LogP contribution in [-0.2, 0) is 12.8 Å². The minimum atomic E-state index is 0.180. The highest BCUT2D eigenvalue weighted by Crippen LogP contribution is 2.11. The number of aromatic nitrogens is 1. The van der Waals surface area contributed by atoms with E-state index < -0.39 is 0 Å². The molecule has 0 radical (unpaired) electrons. The zero-order valence-electron chi connectivity index (χ0n) is 10.8. The Balaban J connectivity index is 1.86. The molecule has 0 bridgehead atoms. The van der Waals surface area contributed by atoms with Crippen LogP contribution < -0.4 is 5.73 Å². The van der Waals surface area contributed by atoms with Gasteiger partial charge in [0, 0.05) is 24.4 Å². The van der Waals surface area contributed by atoms with Crippen LogP contribution in [0.5, 0.6) is 0 Å². The fraction of sp³-hybridized carbons (Fsp3) is 0.312. The molecule has 1 heterocycles. The van der Waals surface area contributed by atoms with E-state index in [-0.39, 0.29) is 6.04 Å². The summed E-state index contributed by atoms with van der Waals surface area (Å²) in [7, 11) is 0. The first-order chi connectivity index (χ1) is 8.75. The van der Waals surface area contributed by atoms with E-state index >= 15 is 0 Å². The van der Waals surface area contributed by atoms with Gasteiger partial charge in [-0.25, -0.2) is 0 Å². The molecule has 0 aliphatic rings. The van der Waals surface area contributed by atoms with Crippen molar-refractivity contribution in [1.29, 1.82) is 0 Å². The molecule has 0 aliphatic heterocycles. The van der Waals surface area contributed by atoms with Crippen LogP contribution >= 0.6 is 0 Å². The van der Waals surface area contributed by atoms with Gasteiger partial charge in [0.25, 0.3) is 0 Å². The van der Waals surface area contributed by atoms with Gasteiger partial charge in [0.1, 0.15) is 0 Å². The highest BCUT2D eigenvalue weighted by molar-refractivity contribution is 5.25. The van der Waals surface area contributed by atoms with E-state index in [0.29, 0.717) is 0 Å². The number of hydrogen-bond donors (Lipinski definition) is 1. The van der Waals surface area contributed by atoms with Gasteiger partial charge in [0.2, 0.25) is 0 Å². The summed E-state index contributed by atoms with van der Waals surface area (Å²) in [5.41, 5.74) is 9.99. The summed E-state index contributed by atoms with van der Waals surface area (Å²) in [6.45, 7) is 2.15. The fourth-order valence-corrected chi connectivity index (χ4v) is 2.12. The lowest BCUT2D eigenvalue weighted by molar-refractivity contribution is 0.602. The molecule has 2 nitrogen and oxygen atoms in total. The summed E-state index contributed by atoms with van der Waals surface area (Å²) >= 11 is 0. The van der Waals surface area contributed by atoms with E-state index in [4.69, 9.17) is 5.73 Å². The van der Waals surface area contributed by atoms with Crippen LogP contribution in [0.1, 0.15) is 23.2 Å². The largest absolute Gasteiger partial charge is 0.327 e. The highest BCUT2D eigenvalue weighted by atomic mass is 14.7. The molecule has 0 spiro atoms. The van der Waals surface area contributed by atoms with Gasteiger partial charge < -0.3 is 5.73 Å². The monoisotopic (exact) mass is 240 g/mol. The van der Waals surface area contributed by atoms with E-state index in [1.54, 1.807) is 0 Å². The predicted octanol–water partition coefficient (Wildman–Crippen LogP) is 2.89. The zero-order chi connectivity index (χ0) is 12.8. The lowest BCUT2D eigenvalue weighted by Gasteiger charge is -2.12. The molecule has 1 unspecified atom stereocenters. The molecule has 0 fully saturated rings. The molecule has 2 aromatic rings. The number of nitrogens with zero attached hydrogens (tertiary/aromatic N) is 1. The van der Waals surface area contributed by atoms with Crippen LogP contribution in [0.4, 0.5) is 0 Å². The lowest BCUT2D eigenvalue weighted by atomic mass is 9.99. The summed E-state index contributed by atoms with van der Waals surface area (Å²) in [5.74, 6) is 0. The second-order valence-electron chi connectivity index (χ2n) is 4.75. The van der Waals surface area contributed by atoms with Crippen LogP contribution in [0.25, 0.3) is 0 Å². The zero-order valence-corrected chi connectivity index (χ0v) is 10.8. The SMILES string of the molecule is Cc1ccccc1CCC(N)Cc1ccccn1. The Bertz CT molecular complexity index is 479. The van der Waals surface area contributed by atoms with Gasteiger partial charge in [-0.15, -0.1) is 0 Å². The first-order valence-electron chi connectivity index (χ1n) is 6.45. The van der Waals surface area contributed by atoms with E-state index in [1.807, 2.05) is 24.4 Å². The minimum Gasteiger partial charge on any atom is -0.327 e. The van der Waals surface area contributed by atoms with Crippen LogP contribution in [0, 0.1) is 6.92 Å². The maximum Gasteiger partial charge on any atom is 0.0419 e. The van der Waals surface area contributed by atoms with Gasteiger partial charge in [-0.1, -0.05) is 30.3 Å². The topological polar surface area (TPSA) is 38.9 Å². The summed E-state index contributed by atoms with van der Waals surface area (Å²) in [5, 5.41) is 0. The maximum atomic E-state index is 6.16. The van der Waals surface area contributed by atoms with Gasteiger partial charge in [0.15, 0.2) is 0 Å². The third-order valence-corrected chi connectivity index (χ3v) is 3.24. The molecule has 2 heteroatoms. The first kappa shape index (κ1) is 12.8. The van der Waals surface area contributed by atoms with Crippen molar-refractivity contribution in [3.05, 3.63) is 65.5 Å². The molecule has 1 atom stereocenters. The molecular weight excluding hydrogens is 220 g/mol. The van der Waals surface area contributed by atoms with Gasteiger partial charge in [-0.3, -0.25) is 4.98 Å². The Morgan fingerprint density at radius 2 is 1.89 bits per heavy atom. The Morgan fingerprint density at radius 1 is 1.11 bits per heavy atom. The van der Waals surface area contributed by atoms with E-state index in [1.165, 1.54) is 11.1 Å². The van der Waals surface area contributed by atoms with E-state index in [9.17, 15) is 0 Å². The van der Waals surface area contributed by atoms with E-state index in [0.717, 1.165) is 25.0 Å². The number of aryl methyl sites for hydroxylation is 2. The summed E-state index contributed by atoms with van der Waals surface area (Å²) in [6.07, 6.45) is 4.72. The summed E-state index contributed by atoms with van der Waals surface area (Å²) in [4.78, 5) is 4.31. The van der Waals surface area contributed by atoms with Crippen molar-refractivity contribution in [3.8, 4) is 0 Å². The van der Waals surface area contributed by atoms with Crippen LogP contribution in [0.15, 0.2) is 48.7 Å². The molecule has 0 amide bonds. The average molecular weight is 240 g/mol. The quantitative estimate of drug-likeness (QED) is 0.872. The third kappa shape index (κ3) is 3.67. The second kappa shape index (κ2) is 6.31. The van der Waals surface area contributed by atoms with Gasteiger partial charge in [-0.05, 0) is 43.0 Å². The van der Waals surface area contributed by atoms with Crippen molar-refractivity contribution in [2.75, 3.05) is 0 Å². The normalized spacial score (nSPS) is 12.3. The second-order valence-corrected chi connectivity index (χ2v) is 4.75. The van der Waals surface area contributed by atoms with Crippen molar-refractivity contribution in [1.82, 2.24) is 4.98 Å². The van der Waals surface area contributed by atoms with Crippen LogP contribution in [0.2, 0.25) is 0 Å². The number of benzene rings is 1. The van der Waals surface area contributed by atoms with Crippen molar-refractivity contribution in [2.24, 2.45) is 5.73 Å². The molecule has 2 N–H and O–H groups in total. The van der Waals surface area contributed by atoms with Gasteiger partial charge in [-0.2, -0.15) is 0 Å². The Hall–Kier alpha value is -1.67. The number of nitrogens with two attached hydrogens (primary N) is 1. The molecular formula is C16H20N2. The molecule has 1 aromatic heterocycles. The minimum absolute atomic E-state index is 0.180. The van der Waals surface area contributed by atoms with E-state index in [2.05, 4.69) is 36.2 Å². The van der Waals surface area contributed by atoms with Crippen molar-refractivity contribution >= 4 is 0 Å². The molecule has 18 heavy (non-hydrogen) atoms. The van der Waals surface area contributed by atoms with Crippen LogP contribution in [-0.4, -0.2) is 11.0 Å². The standard InChI is InChI=1S/C16H20N2/c1-13-6-2-3-7-14(13)9-10-15(17)12-16-8-4-5-11-18-16/h2-8,11,15H,9-10,12,17H2,1H3. The van der Waals surface area contributed by atoms with Crippen LogP contribution in [0.3, 0.4) is 0 Å². The number of hydrogen-bond acceptors (Lipinski definition) is 2. The number of rotatable bonds is 5. The summed E-state index contributed by atoms with van der Waals surface area (Å²) in [6, 6.07) is 14.7. The maximum absolute atomic E-state index is 6.16. The van der Waals surface area contributed by atoms with Gasteiger partial charge >= 0.3 is 0 Å². The molecule has 0 aliphatic carbocycles.